The maximum atomic E-state index is 12.7. The molecule has 1 aliphatic rings. The van der Waals surface area contributed by atoms with E-state index in [-0.39, 0.29) is 0 Å². The predicted octanol–water partition coefficient (Wildman–Crippen LogP) is 2.68. The van der Waals surface area contributed by atoms with Gasteiger partial charge in [-0.1, -0.05) is 42.5 Å². The van der Waals surface area contributed by atoms with Crippen molar-refractivity contribution in [1.82, 2.24) is 10.2 Å². The van der Waals surface area contributed by atoms with Crippen molar-refractivity contribution < 1.29 is 19.5 Å². The van der Waals surface area contributed by atoms with Crippen molar-refractivity contribution in [3.05, 3.63) is 71.3 Å². The van der Waals surface area contributed by atoms with Crippen LogP contribution >= 0.6 is 0 Å². The molecule has 0 aliphatic carbocycles. The van der Waals surface area contributed by atoms with Gasteiger partial charge in [0.1, 0.15) is 0 Å². The molecule has 122 valence electrons. The Morgan fingerprint density at radius 1 is 0.958 bits per heavy atom. The number of imide groups is 1. The van der Waals surface area contributed by atoms with E-state index in [9.17, 15) is 14.4 Å². The molecule has 2 atom stereocenters. The molecule has 1 aliphatic heterocycles. The quantitative estimate of drug-likeness (QED) is 0.847. The van der Waals surface area contributed by atoms with Gasteiger partial charge in [0, 0.05) is 0 Å². The second-order valence-corrected chi connectivity index (χ2v) is 5.62. The lowest BCUT2D eigenvalue weighted by molar-refractivity contribution is 0.0547. The molecule has 0 spiro atoms. The Balaban J connectivity index is 2.05. The molecule has 0 unspecified atom stereocenters. The van der Waals surface area contributed by atoms with Crippen LogP contribution in [-0.4, -0.2) is 34.0 Å². The lowest BCUT2D eigenvalue weighted by atomic mass is 9.98. The van der Waals surface area contributed by atoms with Gasteiger partial charge in [0.15, 0.2) is 0 Å². The van der Waals surface area contributed by atoms with Crippen molar-refractivity contribution in [3.63, 3.8) is 0 Å². The molecule has 3 amide bonds. The Morgan fingerprint density at radius 3 is 1.96 bits per heavy atom. The van der Waals surface area contributed by atoms with Crippen molar-refractivity contribution >= 4 is 17.9 Å². The number of nitrogens with zero attached hydrogens (tertiary/aromatic N) is 1. The summed E-state index contributed by atoms with van der Waals surface area (Å²) in [6.45, 7) is 1.63. The molecule has 0 radical (unpaired) electrons. The van der Waals surface area contributed by atoms with E-state index in [0.717, 1.165) is 4.90 Å². The van der Waals surface area contributed by atoms with E-state index in [1.807, 2.05) is 6.07 Å². The van der Waals surface area contributed by atoms with Crippen LogP contribution in [-0.2, 0) is 0 Å². The van der Waals surface area contributed by atoms with E-state index in [1.165, 1.54) is 0 Å². The summed E-state index contributed by atoms with van der Waals surface area (Å²) < 4.78 is 0. The normalized spacial score (nSPS) is 15.8. The van der Waals surface area contributed by atoms with Gasteiger partial charge >= 0.3 is 6.09 Å². The number of amides is 3. The monoisotopic (exact) mass is 324 g/mol. The van der Waals surface area contributed by atoms with Crippen LogP contribution in [0.2, 0.25) is 0 Å². The minimum atomic E-state index is -1.21. The number of hydrogen-bond donors (Lipinski definition) is 2. The number of rotatable bonds is 4. The van der Waals surface area contributed by atoms with Gasteiger partial charge in [-0.05, 0) is 24.6 Å². The van der Waals surface area contributed by atoms with Crippen LogP contribution in [0.1, 0.15) is 39.2 Å². The summed E-state index contributed by atoms with van der Waals surface area (Å²) >= 11 is 0. The summed E-state index contributed by atoms with van der Waals surface area (Å²) in [6, 6.07) is 14.2. The summed E-state index contributed by atoms with van der Waals surface area (Å²) in [5.41, 5.74) is 1.37. The Bertz CT molecular complexity index is 769. The van der Waals surface area contributed by atoms with Crippen molar-refractivity contribution in [2.75, 3.05) is 0 Å². The molecule has 0 saturated carbocycles. The second kappa shape index (κ2) is 6.16. The van der Waals surface area contributed by atoms with E-state index in [4.69, 9.17) is 5.11 Å². The maximum Gasteiger partial charge on any atom is 0.404 e. The Labute approximate surface area is 138 Å². The number of nitrogens with one attached hydrogen (secondary N) is 1. The SMILES string of the molecule is C[C@H](NC(=O)O)[C@@H](c1ccccc1)N1C(=O)c2ccccc2C1=O. The number of carboxylic acid groups (broad SMARTS) is 1. The Hall–Kier alpha value is -3.15. The average Bonchev–Trinajstić information content (AvgIpc) is 2.81. The first-order valence-corrected chi connectivity index (χ1v) is 7.52. The second-order valence-electron chi connectivity index (χ2n) is 5.62. The topological polar surface area (TPSA) is 86.7 Å². The lowest BCUT2D eigenvalue weighted by Crippen LogP contribution is -2.46. The fourth-order valence-corrected chi connectivity index (χ4v) is 3.05. The van der Waals surface area contributed by atoms with Gasteiger partial charge in [0.25, 0.3) is 11.8 Å². The van der Waals surface area contributed by atoms with Crippen LogP contribution in [0.15, 0.2) is 54.6 Å². The first kappa shape index (κ1) is 15.7. The zero-order chi connectivity index (χ0) is 17.3. The number of fused-ring (bicyclic) bond motifs is 1. The van der Waals surface area contributed by atoms with Crippen molar-refractivity contribution in [1.29, 1.82) is 0 Å². The van der Waals surface area contributed by atoms with E-state index in [0.29, 0.717) is 16.7 Å². The molecule has 24 heavy (non-hydrogen) atoms. The molecule has 6 nitrogen and oxygen atoms in total. The molecule has 3 rings (SSSR count). The van der Waals surface area contributed by atoms with Crippen molar-refractivity contribution in [3.8, 4) is 0 Å². The van der Waals surface area contributed by atoms with Gasteiger partial charge in [-0.25, -0.2) is 4.79 Å². The fourth-order valence-electron chi connectivity index (χ4n) is 3.05. The van der Waals surface area contributed by atoms with Crippen LogP contribution in [0.3, 0.4) is 0 Å². The Kier molecular flexibility index (Phi) is 4.04. The number of hydrogen-bond acceptors (Lipinski definition) is 3. The molecular weight excluding hydrogens is 308 g/mol. The number of benzene rings is 2. The third-order valence-corrected chi connectivity index (χ3v) is 4.07. The zero-order valence-electron chi connectivity index (χ0n) is 13.0. The largest absolute Gasteiger partial charge is 0.465 e. The van der Waals surface area contributed by atoms with Gasteiger partial charge in [0.05, 0.1) is 23.2 Å². The standard InChI is InChI=1S/C18H16N2O4/c1-11(19-18(23)24)15(12-7-3-2-4-8-12)20-16(21)13-9-5-6-10-14(13)17(20)22/h2-11,15,19H,1H3,(H,23,24)/t11-,15-/m0/s1. The molecule has 1 heterocycles. The van der Waals surface area contributed by atoms with Gasteiger partial charge in [0.2, 0.25) is 0 Å². The summed E-state index contributed by atoms with van der Waals surface area (Å²) in [6.07, 6.45) is -1.21. The molecule has 2 aromatic rings. The zero-order valence-corrected chi connectivity index (χ0v) is 13.0. The van der Waals surface area contributed by atoms with Gasteiger partial charge < -0.3 is 10.4 Å². The fraction of sp³-hybridized carbons (Fsp3) is 0.167. The molecule has 0 fully saturated rings. The number of carbonyl (C=O) groups is 3. The summed E-state index contributed by atoms with van der Waals surface area (Å²) in [4.78, 5) is 37.7. The minimum absolute atomic E-state index is 0.339. The molecule has 0 aromatic heterocycles. The highest BCUT2D eigenvalue weighted by atomic mass is 16.4. The van der Waals surface area contributed by atoms with Crippen molar-refractivity contribution in [2.45, 2.75) is 19.0 Å². The molecule has 2 N–H and O–H groups in total. The van der Waals surface area contributed by atoms with Crippen LogP contribution < -0.4 is 5.32 Å². The highest BCUT2D eigenvalue weighted by Gasteiger charge is 2.42. The number of carbonyl (C=O) groups excluding carboxylic acids is 2. The first-order valence-electron chi connectivity index (χ1n) is 7.52. The van der Waals surface area contributed by atoms with E-state index >= 15 is 0 Å². The third kappa shape index (κ3) is 2.62. The summed E-state index contributed by atoms with van der Waals surface area (Å²) in [5, 5.41) is 11.4. The summed E-state index contributed by atoms with van der Waals surface area (Å²) in [7, 11) is 0. The maximum absolute atomic E-state index is 12.7. The molecule has 6 heteroatoms. The van der Waals surface area contributed by atoms with E-state index in [1.54, 1.807) is 55.5 Å². The van der Waals surface area contributed by atoms with E-state index < -0.39 is 30.0 Å². The predicted molar refractivity (Wildman–Crippen MR) is 86.7 cm³/mol. The third-order valence-electron chi connectivity index (χ3n) is 4.07. The molecule has 0 bridgehead atoms. The average molecular weight is 324 g/mol. The van der Waals surface area contributed by atoms with Gasteiger partial charge in [-0.2, -0.15) is 0 Å². The lowest BCUT2D eigenvalue weighted by Gasteiger charge is -2.31. The smallest absolute Gasteiger partial charge is 0.404 e. The van der Waals surface area contributed by atoms with Crippen LogP contribution in [0, 0.1) is 0 Å². The van der Waals surface area contributed by atoms with Crippen LogP contribution in [0.25, 0.3) is 0 Å². The minimum Gasteiger partial charge on any atom is -0.465 e. The highest BCUT2D eigenvalue weighted by molar-refractivity contribution is 6.21. The first-order chi connectivity index (χ1) is 11.5. The highest BCUT2D eigenvalue weighted by Crippen LogP contribution is 2.33. The van der Waals surface area contributed by atoms with E-state index in [2.05, 4.69) is 5.32 Å². The van der Waals surface area contributed by atoms with Crippen LogP contribution in [0.5, 0.6) is 0 Å². The summed E-state index contributed by atoms with van der Waals surface area (Å²) in [5.74, 6) is -0.827. The van der Waals surface area contributed by atoms with Crippen LogP contribution in [0.4, 0.5) is 4.79 Å². The molecule has 2 aromatic carbocycles. The van der Waals surface area contributed by atoms with Gasteiger partial charge in [-0.3, -0.25) is 14.5 Å². The van der Waals surface area contributed by atoms with Gasteiger partial charge in [-0.15, -0.1) is 0 Å². The molecular formula is C18H16N2O4. The van der Waals surface area contributed by atoms with Crippen molar-refractivity contribution in [2.24, 2.45) is 0 Å². The molecule has 0 saturated heterocycles. The Morgan fingerprint density at radius 2 is 1.46 bits per heavy atom.